The van der Waals surface area contributed by atoms with Crippen LogP contribution in [0.2, 0.25) is 0 Å². The van der Waals surface area contributed by atoms with Gasteiger partial charge in [0.05, 0.1) is 0 Å². The van der Waals surface area contributed by atoms with E-state index in [9.17, 15) is 4.79 Å². The van der Waals surface area contributed by atoms with Crippen LogP contribution in [-0.2, 0) is 11.2 Å². The number of carbonyl (C=O) groups is 1. The molecule has 1 aromatic carbocycles. The standard InChI is InChI=1S/C16H22N2O/c17-14-7-5-12(6-8-14)11-16(19)18-10-9-13-3-1-2-4-15(13)18/h1-4,12,14H,5-11,17H2. The van der Waals surface area contributed by atoms with Crippen molar-refractivity contribution >= 4 is 11.6 Å². The number of anilines is 1. The number of para-hydroxylation sites is 1. The van der Waals surface area contributed by atoms with Crippen molar-refractivity contribution in [2.24, 2.45) is 11.7 Å². The normalized spacial score (nSPS) is 26.3. The van der Waals surface area contributed by atoms with E-state index in [4.69, 9.17) is 5.73 Å². The Morgan fingerprint density at radius 3 is 2.74 bits per heavy atom. The van der Waals surface area contributed by atoms with Crippen molar-refractivity contribution in [2.45, 2.75) is 44.6 Å². The van der Waals surface area contributed by atoms with Gasteiger partial charge in [-0.1, -0.05) is 18.2 Å². The molecule has 19 heavy (non-hydrogen) atoms. The molecule has 1 aromatic rings. The molecule has 0 spiro atoms. The number of benzene rings is 1. The van der Waals surface area contributed by atoms with Gasteiger partial charge in [-0.3, -0.25) is 4.79 Å². The van der Waals surface area contributed by atoms with Crippen LogP contribution in [0.1, 0.15) is 37.7 Å². The number of fused-ring (bicyclic) bond motifs is 1. The van der Waals surface area contributed by atoms with E-state index in [0.717, 1.165) is 44.3 Å². The zero-order valence-electron chi connectivity index (χ0n) is 11.3. The molecule has 1 aliphatic carbocycles. The van der Waals surface area contributed by atoms with Crippen LogP contribution < -0.4 is 10.6 Å². The molecule has 0 atom stereocenters. The van der Waals surface area contributed by atoms with Crippen molar-refractivity contribution in [3.05, 3.63) is 29.8 Å². The molecule has 0 bridgehead atoms. The third-order valence-corrected chi connectivity index (χ3v) is 4.54. The Morgan fingerprint density at radius 1 is 1.21 bits per heavy atom. The molecule has 1 amide bonds. The highest BCUT2D eigenvalue weighted by Gasteiger charge is 2.27. The van der Waals surface area contributed by atoms with Gasteiger partial charge in [0.25, 0.3) is 0 Å². The smallest absolute Gasteiger partial charge is 0.227 e. The third kappa shape index (κ3) is 2.66. The van der Waals surface area contributed by atoms with Gasteiger partial charge >= 0.3 is 0 Å². The average Bonchev–Trinajstić information content (AvgIpc) is 2.85. The van der Waals surface area contributed by atoms with Gasteiger partial charge < -0.3 is 10.6 Å². The van der Waals surface area contributed by atoms with Crippen LogP contribution in [0.5, 0.6) is 0 Å². The van der Waals surface area contributed by atoms with E-state index >= 15 is 0 Å². The van der Waals surface area contributed by atoms with Crippen molar-refractivity contribution in [2.75, 3.05) is 11.4 Å². The Morgan fingerprint density at radius 2 is 1.95 bits per heavy atom. The molecule has 0 radical (unpaired) electrons. The van der Waals surface area contributed by atoms with Gasteiger partial charge in [0, 0.05) is 24.7 Å². The highest BCUT2D eigenvalue weighted by Crippen LogP contribution is 2.31. The minimum Gasteiger partial charge on any atom is -0.328 e. The van der Waals surface area contributed by atoms with Crippen LogP contribution in [0.3, 0.4) is 0 Å². The first-order chi connectivity index (χ1) is 9.24. The van der Waals surface area contributed by atoms with Gasteiger partial charge in [-0.05, 0) is 49.7 Å². The maximum atomic E-state index is 12.5. The second kappa shape index (κ2) is 5.33. The SMILES string of the molecule is NC1CCC(CC(=O)N2CCc3ccccc32)CC1. The van der Waals surface area contributed by atoms with E-state index in [1.54, 1.807) is 0 Å². The van der Waals surface area contributed by atoms with Crippen molar-refractivity contribution in [3.63, 3.8) is 0 Å². The summed E-state index contributed by atoms with van der Waals surface area (Å²) in [6.07, 6.45) is 6.08. The van der Waals surface area contributed by atoms with Crippen molar-refractivity contribution in [1.82, 2.24) is 0 Å². The van der Waals surface area contributed by atoms with E-state index in [-0.39, 0.29) is 0 Å². The Hall–Kier alpha value is -1.35. The molecule has 2 aliphatic rings. The maximum Gasteiger partial charge on any atom is 0.227 e. The lowest BCUT2D eigenvalue weighted by Crippen LogP contribution is -2.33. The lowest BCUT2D eigenvalue weighted by atomic mass is 9.84. The van der Waals surface area contributed by atoms with E-state index < -0.39 is 0 Å². The summed E-state index contributed by atoms with van der Waals surface area (Å²) in [5.74, 6) is 0.838. The highest BCUT2D eigenvalue weighted by atomic mass is 16.2. The molecule has 0 aromatic heterocycles. The first-order valence-corrected chi connectivity index (χ1v) is 7.38. The van der Waals surface area contributed by atoms with E-state index in [1.807, 2.05) is 11.0 Å². The maximum absolute atomic E-state index is 12.5. The molecule has 1 heterocycles. The van der Waals surface area contributed by atoms with E-state index in [0.29, 0.717) is 24.3 Å². The number of nitrogens with zero attached hydrogens (tertiary/aromatic N) is 1. The first kappa shape index (κ1) is 12.7. The van der Waals surface area contributed by atoms with E-state index in [2.05, 4.69) is 18.2 Å². The van der Waals surface area contributed by atoms with Gasteiger partial charge in [-0.25, -0.2) is 0 Å². The lowest BCUT2D eigenvalue weighted by Gasteiger charge is -2.27. The van der Waals surface area contributed by atoms with Gasteiger partial charge in [0.2, 0.25) is 5.91 Å². The van der Waals surface area contributed by atoms with Gasteiger partial charge in [0.15, 0.2) is 0 Å². The second-order valence-corrected chi connectivity index (χ2v) is 5.91. The summed E-state index contributed by atoms with van der Waals surface area (Å²) < 4.78 is 0. The van der Waals surface area contributed by atoms with E-state index in [1.165, 1.54) is 5.56 Å². The van der Waals surface area contributed by atoms with Crippen LogP contribution in [0, 0.1) is 5.92 Å². The van der Waals surface area contributed by atoms with Gasteiger partial charge in [-0.15, -0.1) is 0 Å². The minimum absolute atomic E-state index is 0.297. The Bertz CT molecular complexity index is 464. The fourth-order valence-electron chi connectivity index (χ4n) is 3.35. The summed E-state index contributed by atoms with van der Waals surface area (Å²) in [7, 11) is 0. The molecule has 102 valence electrons. The monoisotopic (exact) mass is 258 g/mol. The zero-order chi connectivity index (χ0) is 13.2. The number of amides is 1. The predicted molar refractivity (Wildman–Crippen MR) is 77.0 cm³/mol. The molecule has 3 heteroatoms. The average molecular weight is 258 g/mol. The molecular formula is C16H22N2O. The largest absolute Gasteiger partial charge is 0.328 e. The molecule has 1 aliphatic heterocycles. The summed E-state index contributed by atoms with van der Waals surface area (Å²) in [5.41, 5.74) is 8.35. The molecule has 3 nitrogen and oxygen atoms in total. The number of rotatable bonds is 2. The molecule has 1 fully saturated rings. The topological polar surface area (TPSA) is 46.3 Å². The fourth-order valence-corrected chi connectivity index (χ4v) is 3.35. The first-order valence-electron chi connectivity index (χ1n) is 7.38. The number of hydrogen-bond acceptors (Lipinski definition) is 2. The highest BCUT2D eigenvalue weighted by molar-refractivity contribution is 5.95. The van der Waals surface area contributed by atoms with Crippen LogP contribution in [0.25, 0.3) is 0 Å². The summed E-state index contributed by atoms with van der Waals surface area (Å²) in [5, 5.41) is 0. The molecule has 0 unspecified atom stereocenters. The number of hydrogen-bond donors (Lipinski definition) is 1. The molecule has 1 saturated carbocycles. The van der Waals surface area contributed by atoms with Gasteiger partial charge in [0.1, 0.15) is 0 Å². The van der Waals surface area contributed by atoms with Crippen molar-refractivity contribution < 1.29 is 4.79 Å². The predicted octanol–water partition coefficient (Wildman–Crippen LogP) is 2.48. The van der Waals surface area contributed by atoms with Crippen LogP contribution in [0.15, 0.2) is 24.3 Å². The molecular weight excluding hydrogens is 236 g/mol. The quantitative estimate of drug-likeness (QED) is 0.886. The van der Waals surface area contributed by atoms with Crippen molar-refractivity contribution in [1.29, 1.82) is 0 Å². The summed E-state index contributed by atoms with van der Waals surface area (Å²) in [6, 6.07) is 8.62. The van der Waals surface area contributed by atoms with Crippen LogP contribution in [-0.4, -0.2) is 18.5 Å². The van der Waals surface area contributed by atoms with Crippen LogP contribution in [0.4, 0.5) is 5.69 Å². The Kier molecular flexibility index (Phi) is 3.56. The Balaban J connectivity index is 1.63. The number of carbonyl (C=O) groups excluding carboxylic acids is 1. The minimum atomic E-state index is 0.297. The third-order valence-electron chi connectivity index (χ3n) is 4.54. The number of nitrogens with two attached hydrogens (primary N) is 1. The molecule has 0 saturated heterocycles. The summed E-state index contributed by atoms with van der Waals surface area (Å²) >= 11 is 0. The summed E-state index contributed by atoms with van der Waals surface area (Å²) in [6.45, 7) is 0.852. The van der Waals surface area contributed by atoms with Crippen LogP contribution >= 0.6 is 0 Å². The lowest BCUT2D eigenvalue weighted by molar-refractivity contribution is -0.119. The molecule has 2 N–H and O–H groups in total. The summed E-state index contributed by atoms with van der Waals surface area (Å²) in [4.78, 5) is 14.4. The fraction of sp³-hybridized carbons (Fsp3) is 0.562. The Labute approximate surface area is 114 Å². The van der Waals surface area contributed by atoms with Gasteiger partial charge in [-0.2, -0.15) is 0 Å². The molecule has 3 rings (SSSR count). The zero-order valence-corrected chi connectivity index (χ0v) is 11.3. The van der Waals surface area contributed by atoms with Crippen molar-refractivity contribution in [3.8, 4) is 0 Å². The second-order valence-electron chi connectivity index (χ2n) is 5.91.